The smallest absolute Gasteiger partial charge is 0.126 e. The van der Waals surface area contributed by atoms with E-state index in [1.807, 2.05) is 0 Å². The first-order chi connectivity index (χ1) is 10.1. The van der Waals surface area contributed by atoms with E-state index in [1.54, 1.807) is 0 Å². The number of anilines is 1. The van der Waals surface area contributed by atoms with Crippen LogP contribution in [0.15, 0.2) is 6.08 Å². The van der Waals surface area contributed by atoms with Crippen LogP contribution in [-0.4, -0.2) is 12.1 Å². The van der Waals surface area contributed by atoms with Gasteiger partial charge >= 0.3 is 0 Å². The Balaban J connectivity index is 0.00000176. The molecule has 0 unspecified atom stereocenters. The van der Waals surface area contributed by atoms with Crippen LogP contribution in [0.1, 0.15) is 61.3 Å². The lowest BCUT2D eigenvalue weighted by Crippen LogP contribution is -2.40. The molecule has 1 fully saturated rings. The Kier molecular flexibility index (Phi) is 5.11. The highest BCUT2D eigenvalue weighted by Crippen LogP contribution is 2.44. The second kappa shape index (κ2) is 6.54. The zero-order chi connectivity index (χ0) is 15.0. The summed E-state index contributed by atoms with van der Waals surface area (Å²) >= 11 is 0. The van der Waals surface area contributed by atoms with Crippen LogP contribution in [0.3, 0.4) is 0 Å². The number of rotatable bonds is 2. The molecule has 0 atom stereocenters. The van der Waals surface area contributed by atoms with Gasteiger partial charge in [-0.2, -0.15) is 0 Å². The van der Waals surface area contributed by atoms with Crippen LogP contribution in [0, 0.1) is 20.8 Å². The minimum atomic E-state index is 0. The molecule has 1 aliphatic heterocycles. The summed E-state index contributed by atoms with van der Waals surface area (Å²) in [6.45, 7) is 9.36. The molecule has 3 heteroatoms. The zero-order valence-corrected chi connectivity index (χ0v) is 15.0. The third kappa shape index (κ3) is 2.74. The molecule has 0 aromatic heterocycles. The van der Waals surface area contributed by atoms with Gasteiger partial charge in [0.2, 0.25) is 0 Å². The molecule has 1 N–H and O–H groups in total. The molecule has 1 aliphatic carbocycles. The maximum absolute atomic E-state index is 5.89. The first-order valence-corrected chi connectivity index (χ1v) is 8.32. The van der Waals surface area contributed by atoms with Gasteiger partial charge in [-0.3, -0.25) is 0 Å². The molecule has 2 aliphatic rings. The van der Waals surface area contributed by atoms with E-state index in [0.717, 1.165) is 12.4 Å². The number of hydrogen-bond acceptors (Lipinski definition) is 2. The third-order valence-electron chi connectivity index (χ3n) is 5.27. The van der Waals surface area contributed by atoms with E-state index in [0.29, 0.717) is 0 Å². The fourth-order valence-corrected chi connectivity index (χ4v) is 3.89. The molecule has 1 spiro atoms. The molecular weight excluding hydrogens is 294 g/mol. The molecule has 122 valence electrons. The van der Waals surface area contributed by atoms with Crippen molar-refractivity contribution in [2.75, 3.05) is 11.9 Å². The van der Waals surface area contributed by atoms with Gasteiger partial charge in [-0.05, 0) is 51.7 Å². The summed E-state index contributed by atoms with van der Waals surface area (Å²) in [5.74, 6) is 1.07. The Labute approximate surface area is 140 Å². The molecule has 22 heavy (non-hydrogen) atoms. The molecule has 0 bridgehead atoms. The maximum Gasteiger partial charge on any atom is 0.126 e. The van der Waals surface area contributed by atoms with Gasteiger partial charge in [0, 0.05) is 16.8 Å². The quantitative estimate of drug-likeness (QED) is 0.768. The van der Waals surface area contributed by atoms with Gasteiger partial charge in [0.05, 0.1) is 12.1 Å². The zero-order valence-electron chi connectivity index (χ0n) is 14.2. The van der Waals surface area contributed by atoms with Crippen molar-refractivity contribution in [2.24, 2.45) is 0 Å². The van der Waals surface area contributed by atoms with E-state index in [9.17, 15) is 0 Å². The predicted molar refractivity (Wildman–Crippen MR) is 97.5 cm³/mol. The summed E-state index contributed by atoms with van der Waals surface area (Å²) in [5.41, 5.74) is 6.73. The lowest BCUT2D eigenvalue weighted by atomic mass is 9.78. The Hall–Kier alpha value is -1.15. The SMILES string of the molecule is CCOc1c(C)c(C)c2c(c1C)C=CC1(CCCCC1)N2.Cl. The van der Waals surface area contributed by atoms with Crippen molar-refractivity contribution >= 4 is 24.2 Å². The number of nitrogens with one attached hydrogen (secondary N) is 1. The van der Waals surface area contributed by atoms with Gasteiger partial charge in [-0.25, -0.2) is 0 Å². The summed E-state index contributed by atoms with van der Waals surface area (Å²) in [4.78, 5) is 0. The van der Waals surface area contributed by atoms with Crippen molar-refractivity contribution < 1.29 is 4.74 Å². The standard InChI is InChI=1S/C19H27NO.ClH/c1-5-21-18-14(3)13(2)17-16(15(18)4)9-12-19(20-17)10-7-6-8-11-19;/h9,12,20H,5-8,10-11H2,1-4H3;1H. The van der Waals surface area contributed by atoms with Gasteiger partial charge in [0.25, 0.3) is 0 Å². The Morgan fingerprint density at radius 2 is 1.73 bits per heavy atom. The maximum atomic E-state index is 5.89. The minimum Gasteiger partial charge on any atom is -0.493 e. The number of benzene rings is 1. The Bertz CT molecular complexity index is 586. The molecule has 1 saturated carbocycles. The van der Waals surface area contributed by atoms with E-state index >= 15 is 0 Å². The van der Waals surface area contributed by atoms with E-state index in [-0.39, 0.29) is 17.9 Å². The highest BCUT2D eigenvalue weighted by Gasteiger charge is 2.33. The predicted octanol–water partition coefficient (Wildman–Crippen LogP) is 5.57. The van der Waals surface area contributed by atoms with E-state index in [2.05, 4.69) is 45.2 Å². The van der Waals surface area contributed by atoms with Crippen molar-refractivity contribution in [1.82, 2.24) is 0 Å². The topological polar surface area (TPSA) is 21.3 Å². The average molecular weight is 322 g/mol. The largest absolute Gasteiger partial charge is 0.493 e. The molecule has 1 aromatic rings. The van der Waals surface area contributed by atoms with E-state index < -0.39 is 0 Å². The van der Waals surface area contributed by atoms with E-state index in [1.165, 1.54) is 60.0 Å². The third-order valence-corrected chi connectivity index (χ3v) is 5.27. The van der Waals surface area contributed by atoms with Crippen molar-refractivity contribution in [3.8, 4) is 5.75 Å². The van der Waals surface area contributed by atoms with Gasteiger partial charge in [-0.15, -0.1) is 12.4 Å². The number of ether oxygens (including phenoxy) is 1. The summed E-state index contributed by atoms with van der Waals surface area (Å²) in [7, 11) is 0. The van der Waals surface area contributed by atoms with Gasteiger partial charge in [-0.1, -0.05) is 31.4 Å². The van der Waals surface area contributed by atoms with E-state index in [4.69, 9.17) is 4.74 Å². The lowest BCUT2D eigenvalue weighted by molar-refractivity contribution is 0.335. The Morgan fingerprint density at radius 3 is 2.36 bits per heavy atom. The minimum absolute atomic E-state index is 0. The fourth-order valence-electron chi connectivity index (χ4n) is 3.89. The van der Waals surface area contributed by atoms with Gasteiger partial charge in [0.1, 0.15) is 5.75 Å². The summed E-state index contributed by atoms with van der Waals surface area (Å²) in [6, 6.07) is 0. The second-order valence-corrected chi connectivity index (χ2v) is 6.60. The normalized spacial score (nSPS) is 18.4. The summed E-state index contributed by atoms with van der Waals surface area (Å²) in [5, 5.41) is 3.89. The fraction of sp³-hybridized carbons (Fsp3) is 0.579. The van der Waals surface area contributed by atoms with Gasteiger partial charge in [0.15, 0.2) is 0 Å². The van der Waals surface area contributed by atoms with Crippen LogP contribution in [-0.2, 0) is 0 Å². The van der Waals surface area contributed by atoms with Crippen LogP contribution in [0.4, 0.5) is 5.69 Å². The van der Waals surface area contributed by atoms with Crippen LogP contribution in [0.5, 0.6) is 5.75 Å². The van der Waals surface area contributed by atoms with Crippen LogP contribution in [0.25, 0.3) is 6.08 Å². The van der Waals surface area contributed by atoms with Crippen LogP contribution >= 0.6 is 12.4 Å². The molecule has 1 aromatic carbocycles. The molecule has 3 rings (SSSR count). The molecule has 0 saturated heterocycles. The second-order valence-electron chi connectivity index (χ2n) is 6.60. The van der Waals surface area contributed by atoms with Crippen LogP contribution < -0.4 is 10.1 Å². The number of halogens is 1. The molecule has 0 radical (unpaired) electrons. The van der Waals surface area contributed by atoms with Crippen molar-refractivity contribution in [2.45, 2.75) is 65.3 Å². The Morgan fingerprint density at radius 1 is 1.05 bits per heavy atom. The van der Waals surface area contributed by atoms with Crippen molar-refractivity contribution in [1.29, 1.82) is 0 Å². The van der Waals surface area contributed by atoms with Crippen molar-refractivity contribution in [3.05, 3.63) is 28.3 Å². The van der Waals surface area contributed by atoms with Gasteiger partial charge < -0.3 is 10.1 Å². The number of fused-ring (bicyclic) bond motifs is 1. The molecule has 1 heterocycles. The first kappa shape index (κ1) is 17.2. The highest BCUT2D eigenvalue weighted by atomic mass is 35.5. The molecular formula is C19H28ClNO. The summed E-state index contributed by atoms with van der Waals surface area (Å²) < 4.78 is 5.89. The molecule has 0 amide bonds. The molecule has 2 nitrogen and oxygen atoms in total. The summed E-state index contributed by atoms with van der Waals surface area (Å²) in [6.07, 6.45) is 11.3. The lowest BCUT2D eigenvalue weighted by Gasteiger charge is -2.40. The van der Waals surface area contributed by atoms with Crippen molar-refractivity contribution in [3.63, 3.8) is 0 Å². The number of hydrogen-bond donors (Lipinski definition) is 1. The van der Waals surface area contributed by atoms with Crippen LogP contribution in [0.2, 0.25) is 0 Å². The monoisotopic (exact) mass is 321 g/mol. The first-order valence-electron chi connectivity index (χ1n) is 8.32. The highest BCUT2D eigenvalue weighted by molar-refractivity contribution is 5.85. The average Bonchev–Trinajstić information content (AvgIpc) is 2.50.